The second-order valence-electron chi connectivity index (χ2n) is 2.80. The Morgan fingerprint density at radius 1 is 1.53 bits per heavy atom. The van der Waals surface area contributed by atoms with Gasteiger partial charge in [0.1, 0.15) is 0 Å². The first-order valence-corrected chi connectivity index (χ1v) is 4.27. The molecule has 1 aromatic rings. The van der Waals surface area contributed by atoms with Crippen LogP contribution in [0.3, 0.4) is 0 Å². The smallest absolute Gasteiger partial charge is 0.238 e. The molecule has 1 rings (SSSR count). The van der Waals surface area contributed by atoms with Crippen molar-refractivity contribution in [2.75, 3.05) is 18.9 Å². The van der Waals surface area contributed by atoms with E-state index in [-0.39, 0.29) is 18.3 Å². The summed E-state index contributed by atoms with van der Waals surface area (Å²) in [5.41, 5.74) is 1.48. The van der Waals surface area contributed by atoms with Gasteiger partial charge in [-0.05, 0) is 25.2 Å². The summed E-state index contributed by atoms with van der Waals surface area (Å²) in [6, 6.07) is 7.18. The Balaban J connectivity index is 0.00000196. The van der Waals surface area contributed by atoms with E-state index in [0.29, 0.717) is 6.54 Å². The van der Waals surface area contributed by atoms with Crippen LogP contribution in [-0.4, -0.2) is 19.5 Å². The molecule has 0 unspecified atom stereocenters. The van der Waals surface area contributed by atoms with Crippen LogP contribution in [0.25, 0.3) is 0 Å². The van der Waals surface area contributed by atoms with E-state index >= 15 is 0 Å². The Morgan fingerprint density at radius 2 is 2.27 bits per heavy atom. The predicted octanol–water partition coefficient (Wildman–Crippen LogP) is 1.25. The molecule has 0 heterocycles. The number of carbonyl (C=O) groups excluding carboxylic acids is 1. The van der Waals surface area contributed by atoms with Gasteiger partial charge in [-0.25, -0.2) is 0 Å². The van der Waals surface area contributed by atoms with Gasteiger partial charge >= 0.3 is 0 Å². The van der Waals surface area contributed by atoms with Gasteiger partial charge in [0.05, 0.1) is 6.54 Å². The molecule has 0 saturated heterocycles. The number of anilines is 1. The maximum Gasteiger partial charge on any atom is 0.238 e. The minimum absolute atomic E-state index is 0. The first-order valence-electron chi connectivity index (χ1n) is 4.27. The molecule has 0 aliphatic carbocycles. The minimum Gasteiger partial charge on any atom is -0.325 e. The molecule has 4 heteroatoms. The molecule has 0 bridgehead atoms. The number of amides is 1. The third-order valence-electron chi connectivity index (χ3n) is 1.65. The molecule has 0 aromatic heterocycles. The van der Waals surface area contributed by atoms with Crippen LogP contribution in [0.2, 0.25) is 0 Å². The second kappa shape index (κ2) is 6.88. The van der Waals surface area contributed by atoms with E-state index in [1.807, 2.05) is 12.1 Å². The fourth-order valence-corrected chi connectivity index (χ4v) is 1.05. The van der Waals surface area contributed by atoms with Crippen molar-refractivity contribution in [2.45, 2.75) is 0 Å². The number of nitrogens with one attached hydrogen (secondary N) is 2. The Hall–Kier alpha value is -1.50. The van der Waals surface area contributed by atoms with Crippen molar-refractivity contribution in [1.82, 2.24) is 5.32 Å². The summed E-state index contributed by atoms with van der Waals surface area (Å²) in [6.45, 7) is 0.292. The van der Waals surface area contributed by atoms with Gasteiger partial charge in [0.15, 0.2) is 0 Å². The summed E-state index contributed by atoms with van der Waals surface area (Å²) in [5.74, 6) is 2.42. The van der Waals surface area contributed by atoms with E-state index in [4.69, 9.17) is 6.42 Å². The Labute approximate surface area is 95.7 Å². The van der Waals surface area contributed by atoms with Crippen molar-refractivity contribution >= 4 is 24.0 Å². The zero-order valence-electron chi connectivity index (χ0n) is 8.41. The Morgan fingerprint density at radius 3 is 2.87 bits per heavy atom. The van der Waals surface area contributed by atoms with E-state index in [1.54, 1.807) is 19.2 Å². The van der Waals surface area contributed by atoms with Gasteiger partial charge in [0.25, 0.3) is 0 Å². The highest BCUT2D eigenvalue weighted by Gasteiger charge is 1.99. The molecule has 1 aromatic carbocycles. The normalized spacial score (nSPS) is 8.53. The third-order valence-corrected chi connectivity index (χ3v) is 1.65. The van der Waals surface area contributed by atoms with Gasteiger partial charge in [-0.1, -0.05) is 12.0 Å². The highest BCUT2D eigenvalue weighted by atomic mass is 35.5. The third kappa shape index (κ3) is 4.50. The molecule has 0 aliphatic rings. The molecule has 0 atom stereocenters. The molecule has 3 nitrogen and oxygen atoms in total. The lowest BCUT2D eigenvalue weighted by atomic mass is 10.2. The van der Waals surface area contributed by atoms with E-state index in [0.717, 1.165) is 11.3 Å². The zero-order chi connectivity index (χ0) is 10.4. The topological polar surface area (TPSA) is 41.1 Å². The maximum atomic E-state index is 11.2. The molecule has 80 valence electrons. The average Bonchev–Trinajstić information content (AvgIpc) is 2.18. The summed E-state index contributed by atoms with van der Waals surface area (Å²) in [5, 5.41) is 5.48. The molecule has 0 spiro atoms. The minimum atomic E-state index is -0.0818. The fraction of sp³-hybridized carbons (Fsp3) is 0.182. The maximum absolute atomic E-state index is 11.2. The quantitative estimate of drug-likeness (QED) is 0.759. The molecule has 2 N–H and O–H groups in total. The van der Waals surface area contributed by atoms with E-state index in [9.17, 15) is 4.79 Å². The van der Waals surface area contributed by atoms with Crippen molar-refractivity contribution in [1.29, 1.82) is 0 Å². The molecular formula is C11H13ClN2O. The summed E-state index contributed by atoms with van der Waals surface area (Å²) in [7, 11) is 1.72. The monoisotopic (exact) mass is 224 g/mol. The van der Waals surface area contributed by atoms with E-state index < -0.39 is 0 Å². The standard InChI is InChI=1S/C11H12N2O.ClH/c1-3-9-5-4-6-10(7-9)13-11(14)8-12-2;/h1,4-7,12H,8H2,2H3,(H,13,14);1H. The SMILES string of the molecule is C#Cc1cccc(NC(=O)CNC)c1.Cl. The molecule has 0 fully saturated rings. The van der Waals surface area contributed by atoms with Crippen molar-refractivity contribution in [3.63, 3.8) is 0 Å². The van der Waals surface area contributed by atoms with Crippen LogP contribution < -0.4 is 10.6 Å². The number of halogens is 1. The van der Waals surface area contributed by atoms with Crippen LogP contribution in [0.4, 0.5) is 5.69 Å². The van der Waals surface area contributed by atoms with Crippen LogP contribution in [0.5, 0.6) is 0 Å². The van der Waals surface area contributed by atoms with Crippen LogP contribution in [0.15, 0.2) is 24.3 Å². The van der Waals surface area contributed by atoms with Gasteiger partial charge in [-0.3, -0.25) is 4.79 Å². The number of likely N-dealkylation sites (N-methyl/N-ethyl adjacent to an activating group) is 1. The van der Waals surface area contributed by atoms with Crippen LogP contribution in [0, 0.1) is 12.3 Å². The Bertz CT molecular complexity index is 371. The number of hydrogen-bond acceptors (Lipinski definition) is 2. The summed E-state index contributed by atoms with van der Waals surface area (Å²) < 4.78 is 0. The molecule has 0 aliphatic heterocycles. The number of benzene rings is 1. The largest absolute Gasteiger partial charge is 0.325 e. The summed E-state index contributed by atoms with van der Waals surface area (Å²) >= 11 is 0. The van der Waals surface area contributed by atoms with Gasteiger partial charge in [0, 0.05) is 11.3 Å². The van der Waals surface area contributed by atoms with E-state index in [2.05, 4.69) is 16.6 Å². The number of rotatable bonds is 3. The molecule has 1 amide bonds. The average molecular weight is 225 g/mol. The lowest BCUT2D eigenvalue weighted by Gasteiger charge is -2.04. The first kappa shape index (κ1) is 13.5. The first-order chi connectivity index (χ1) is 6.76. The lowest BCUT2D eigenvalue weighted by Crippen LogP contribution is -2.25. The van der Waals surface area contributed by atoms with Gasteiger partial charge in [-0.15, -0.1) is 18.8 Å². The van der Waals surface area contributed by atoms with Crippen LogP contribution in [-0.2, 0) is 4.79 Å². The van der Waals surface area contributed by atoms with E-state index in [1.165, 1.54) is 0 Å². The van der Waals surface area contributed by atoms with Gasteiger partial charge in [-0.2, -0.15) is 0 Å². The molecular weight excluding hydrogens is 212 g/mol. The van der Waals surface area contributed by atoms with Crippen molar-refractivity contribution in [3.8, 4) is 12.3 Å². The molecule has 0 saturated carbocycles. The molecule has 0 radical (unpaired) electrons. The van der Waals surface area contributed by atoms with Crippen molar-refractivity contribution < 1.29 is 4.79 Å². The predicted molar refractivity (Wildman–Crippen MR) is 64.2 cm³/mol. The number of terminal acetylenes is 1. The zero-order valence-corrected chi connectivity index (χ0v) is 9.23. The van der Waals surface area contributed by atoms with Gasteiger partial charge < -0.3 is 10.6 Å². The summed E-state index contributed by atoms with van der Waals surface area (Å²) in [6.07, 6.45) is 5.23. The fourth-order valence-electron chi connectivity index (χ4n) is 1.05. The van der Waals surface area contributed by atoms with Crippen LogP contribution >= 0.6 is 12.4 Å². The van der Waals surface area contributed by atoms with Gasteiger partial charge in [0.2, 0.25) is 5.91 Å². The lowest BCUT2D eigenvalue weighted by molar-refractivity contribution is -0.115. The van der Waals surface area contributed by atoms with Crippen molar-refractivity contribution in [2.24, 2.45) is 0 Å². The highest BCUT2D eigenvalue weighted by Crippen LogP contribution is 2.08. The Kier molecular flexibility index (Phi) is 6.19. The molecule has 15 heavy (non-hydrogen) atoms. The summed E-state index contributed by atoms with van der Waals surface area (Å²) in [4.78, 5) is 11.2. The highest BCUT2D eigenvalue weighted by molar-refractivity contribution is 5.92. The van der Waals surface area contributed by atoms with Crippen LogP contribution in [0.1, 0.15) is 5.56 Å². The van der Waals surface area contributed by atoms with Crippen molar-refractivity contribution in [3.05, 3.63) is 29.8 Å². The second-order valence-corrected chi connectivity index (χ2v) is 2.80. The number of carbonyl (C=O) groups is 1. The number of hydrogen-bond donors (Lipinski definition) is 2.